The number of amides is 1. The molecule has 0 saturated heterocycles. The molecule has 0 aliphatic carbocycles. The minimum Gasteiger partial charge on any atom is -0.310 e. The normalized spacial score (nSPS) is 13.1. The molecule has 0 radical (unpaired) electrons. The van der Waals surface area contributed by atoms with E-state index in [2.05, 4.69) is 4.99 Å². The zero-order valence-corrected chi connectivity index (χ0v) is 11.5. The van der Waals surface area contributed by atoms with Gasteiger partial charge < -0.3 is 4.90 Å². The van der Waals surface area contributed by atoms with Gasteiger partial charge in [0, 0.05) is 16.8 Å². The van der Waals surface area contributed by atoms with Gasteiger partial charge in [0.25, 0.3) is 5.91 Å². The third-order valence-electron chi connectivity index (χ3n) is 3.12. The zero-order chi connectivity index (χ0) is 14.1. The predicted octanol–water partition coefficient (Wildman–Crippen LogP) is 3.40. The van der Waals surface area contributed by atoms with Crippen molar-refractivity contribution in [1.29, 1.82) is 0 Å². The summed E-state index contributed by atoms with van der Waals surface area (Å²) in [5, 5.41) is 0. The van der Waals surface area contributed by atoms with Gasteiger partial charge in [-0.25, -0.2) is 4.79 Å². The standard InChI is InChI=1S/C15H10N2O2S/c1-17-12-8-10(16-9-18)6-7-14(12)20-13-5-3-2-4-11(13)15(17)19/h2-8H,1H3. The third-order valence-corrected chi connectivity index (χ3v) is 4.26. The maximum Gasteiger partial charge on any atom is 0.259 e. The lowest BCUT2D eigenvalue weighted by Crippen LogP contribution is -2.25. The van der Waals surface area contributed by atoms with Crippen molar-refractivity contribution in [1.82, 2.24) is 0 Å². The van der Waals surface area contributed by atoms with Gasteiger partial charge in [-0.3, -0.25) is 4.79 Å². The van der Waals surface area contributed by atoms with Crippen molar-refractivity contribution in [3.05, 3.63) is 48.0 Å². The third kappa shape index (κ3) is 2.03. The molecule has 0 spiro atoms. The molecule has 0 unspecified atom stereocenters. The molecule has 20 heavy (non-hydrogen) atoms. The van der Waals surface area contributed by atoms with Crippen molar-refractivity contribution < 1.29 is 9.59 Å². The summed E-state index contributed by atoms with van der Waals surface area (Å²) in [6.45, 7) is 0. The quantitative estimate of drug-likeness (QED) is 0.595. The number of hydrogen-bond donors (Lipinski definition) is 0. The number of benzene rings is 2. The van der Waals surface area contributed by atoms with E-state index in [1.807, 2.05) is 30.3 Å². The average Bonchev–Trinajstić information content (AvgIpc) is 2.57. The van der Waals surface area contributed by atoms with Crippen molar-refractivity contribution >= 4 is 35.1 Å². The van der Waals surface area contributed by atoms with Crippen molar-refractivity contribution in [2.75, 3.05) is 11.9 Å². The molecule has 2 aromatic rings. The highest BCUT2D eigenvalue weighted by atomic mass is 32.2. The molecule has 0 aromatic heterocycles. The number of anilines is 1. The van der Waals surface area contributed by atoms with Crippen LogP contribution >= 0.6 is 11.8 Å². The van der Waals surface area contributed by atoms with Crippen molar-refractivity contribution in [3.8, 4) is 0 Å². The molecule has 4 nitrogen and oxygen atoms in total. The Kier molecular flexibility index (Phi) is 3.14. The fourth-order valence-corrected chi connectivity index (χ4v) is 3.20. The van der Waals surface area contributed by atoms with Gasteiger partial charge in [0.15, 0.2) is 0 Å². The van der Waals surface area contributed by atoms with Gasteiger partial charge in [-0.15, -0.1) is 0 Å². The molecular formula is C15H10N2O2S. The van der Waals surface area contributed by atoms with Crippen LogP contribution in [0.25, 0.3) is 0 Å². The average molecular weight is 282 g/mol. The van der Waals surface area contributed by atoms with Crippen molar-refractivity contribution in [3.63, 3.8) is 0 Å². The summed E-state index contributed by atoms with van der Waals surface area (Å²) in [5.41, 5.74) is 1.91. The van der Waals surface area contributed by atoms with E-state index >= 15 is 0 Å². The van der Waals surface area contributed by atoms with E-state index in [9.17, 15) is 9.59 Å². The summed E-state index contributed by atoms with van der Waals surface area (Å²) in [6, 6.07) is 12.8. The number of isocyanates is 1. The number of carbonyl (C=O) groups is 1. The van der Waals surface area contributed by atoms with Gasteiger partial charge in [0.2, 0.25) is 6.08 Å². The van der Waals surface area contributed by atoms with E-state index in [1.165, 1.54) is 17.8 Å². The summed E-state index contributed by atoms with van der Waals surface area (Å²) in [6.07, 6.45) is 1.51. The van der Waals surface area contributed by atoms with Gasteiger partial charge in [-0.05, 0) is 30.3 Å². The van der Waals surface area contributed by atoms with Crippen molar-refractivity contribution in [2.24, 2.45) is 4.99 Å². The van der Waals surface area contributed by atoms with Crippen LogP contribution in [0.4, 0.5) is 11.4 Å². The van der Waals surface area contributed by atoms with Gasteiger partial charge >= 0.3 is 0 Å². The SMILES string of the molecule is CN1C(=O)c2ccccc2Sc2ccc(N=C=O)cc21. The van der Waals surface area contributed by atoms with Gasteiger partial charge in [-0.1, -0.05) is 23.9 Å². The van der Waals surface area contributed by atoms with E-state index in [4.69, 9.17) is 0 Å². The monoisotopic (exact) mass is 282 g/mol. The largest absolute Gasteiger partial charge is 0.310 e. The fourth-order valence-electron chi connectivity index (χ4n) is 2.12. The first-order chi connectivity index (χ1) is 9.70. The summed E-state index contributed by atoms with van der Waals surface area (Å²) in [5.74, 6) is -0.0703. The number of nitrogens with zero attached hydrogens (tertiary/aromatic N) is 2. The maximum atomic E-state index is 12.5. The summed E-state index contributed by atoms with van der Waals surface area (Å²) >= 11 is 1.53. The van der Waals surface area contributed by atoms with Gasteiger partial charge in [0.05, 0.1) is 16.9 Å². The molecule has 2 aromatic carbocycles. The Morgan fingerprint density at radius 1 is 1.15 bits per heavy atom. The Bertz CT molecular complexity index is 751. The number of aliphatic imine (C=N–C) groups is 1. The fraction of sp³-hybridized carbons (Fsp3) is 0.0667. The Balaban J connectivity index is 2.19. The lowest BCUT2D eigenvalue weighted by atomic mass is 10.2. The topological polar surface area (TPSA) is 49.7 Å². The molecule has 0 fully saturated rings. The zero-order valence-electron chi connectivity index (χ0n) is 10.7. The van der Waals surface area contributed by atoms with Crippen LogP contribution in [0.5, 0.6) is 0 Å². The number of fused-ring (bicyclic) bond motifs is 2. The van der Waals surface area contributed by atoms with E-state index in [0.29, 0.717) is 11.3 Å². The van der Waals surface area contributed by atoms with E-state index in [-0.39, 0.29) is 5.91 Å². The van der Waals surface area contributed by atoms with Crippen LogP contribution in [0, 0.1) is 0 Å². The van der Waals surface area contributed by atoms with E-state index in [0.717, 1.165) is 15.5 Å². The lowest BCUT2D eigenvalue weighted by molar-refractivity contribution is 0.0990. The molecule has 3 rings (SSSR count). The van der Waals surface area contributed by atoms with E-state index in [1.54, 1.807) is 24.1 Å². The van der Waals surface area contributed by atoms with Crippen LogP contribution in [-0.2, 0) is 4.79 Å². The molecule has 98 valence electrons. The van der Waals surface area contributed by atoms with Crippen LogP contribution in [-0.4, -0.2) is 19.0 Å². The van der Waals surface area contributed by atoms with Crippen LogP contribution in [0.15, 0.2) is 57.2 Å². The minimum absolute atomic E-state index is 0.0703. The van der Waals surface area contributed by atoms with Gasteiger partial charge in [0.1, 0.15) is 0 Å². The Labute approximate surface area is 120 Å². The summed E-state index contributed by atoms with van der Waals surface area (Å²) in [4.78, 5) is 29.9. The second kappa shape index (κ2) is 4.96. The second-order valence-corrected chi connectivity index (χ2v) is 5.40. The summed E-state index contributed by atoms with van der Waals surface area (Å²) in [7, 11) is 1.72. The van der Waals surface area contributed by atoms with E-state index < -0.39 is 0 Å². The molecule has 0 saturated carbocycles. The molecule has 0 atom stereocenters. The maximum absolute atomic E-state index is 12.5. The molecule has 0 bridgehead atoms. The highest BCUT2D eigenvalue weighted by Gasteiger charge is 2.24. The molecular weight excluding hydrogens is 272 g/mol. The lowest BCUT2D eigenvalue weighted by Gasteiger charge is -2.17. The molecule has 1 amide bonds. The second-order valence-electron chi connectivity index (χ2n) is 4.32. The highest BCUT2D eigenvalue weighted by Crippen LogP contribution is 2.42. The summed E-state index contributed by atoms with van der Waals surface area (Å²) < 4.78 is 0. The number of carbonyl (C=O) groups excluding carboxylic acids is 2. The molecule has 0 N–H and O–H groups in total. The molecule has 1 aliphatic rings. The molecule has 5 heteroatoms. The van der Waals surface area contributed by atoms with Crippen LogP contribution in [0.1, 0.15) is 10.4 Å². The first-order valence-electron chi connectivity index (χ1n) is 5.97. The number of rotatable bonds is 1. The first-order valence-corrected chi connectivity index (χ1v) is 6.79. The smallest absolute Gasteiger partial charge is 0.259 e. The Morgan fingerprint density at radius 3 is 2.75 bits per heavy atom. The molecule has 1 aliphatic heterocycles. The highest BCUT2D eigenvalue weighted by molar-refractivity contribution is 7.99. The molecule has 1 heterocycles. The van der Waals surface area contributed by atoms with Crippen LogP contribution in [0.3, 0.4) is 0 Å². The first kappa shape index (κ1) is 12.7. The number of hydrogen-bond acceptors (Lipinski definition) is 4. The predicted molar refractivity (Wildman–Crippen MR) is 77.5 cm³/mol. The van der Waals surface area contributed by atoms with Gasteiger partial charge in [-0.2, -0.15) is 4.99 Å². The Hall–Kier alpha value is -2.36. The van der Waals surface area contributed by atoms with Crippen molar-refractivity contribution in [2.45, 2.75) is 9.79 Å². The Morgan fingerprint density at radius 2 is 1.95 bits per heavy atom. The van der Waals surface area contributed by atoms with Crippen LogP contribution < -0.4 is 4.90 Å². The van der Waals surface area contributed by atoms with Crippen LogP contribution in [0.2, 0.25) is 0 Å². The minimum atomic E-state index is -0.0703.